The summed E-state index contributed by atoms with van der Waals surface area (Å²) in [5.74, 6) is 0.763. The van der Waals surface area contributed by atoms with Gasteiger partial charge in [0.05, 0.1) is 6.54 Å². The van der Waals surface area contributed by atoms with Crippen molar-refractivity contribution in [3.8, 4) is 0 Å². The third-order valence-corrected chi connectivity index (χ3v) is 2.54. The quantitative estimate of drug-likeness (QED) is 0.615. The molecule has 0 saturated heterocycles. The first-order chi connectivity index (χ1) is 7.60. The van der Waals surface area contributed by atoms with E-state index in [1.165, 1.54) is 0 Å². The van der Waals surface area contributed by atoms with E-state index in [1.54, 1.807) is 0 Å². The Morgan fingerprint density at radius 3 is 2.62 bits per heavy atom. The van der Waals surface area contributed by atoms with Gasteiger partial charge in [0.15, 0.2) is 0 Å². The van der Waals surface area contributed by atoms with Crippen LogP contribution in [0.5, 0.6) is 0 Å². The van der Waals surface area contributed by atoms with Crippen LogP contribution in [0.3, 0.4) is 0 Å². The molecule has 0 aliphatic heterocycles. The van der Waals surface area contributed by atoms with Gasteiger partial charge in [0.2, 0.25) is 5.91 Å². The van der Waals surface area contributed by atoms with E-state index in [0.717, 1.165) is 32.5 Å². The molecule has 0 aliphatic carbocycles. The second-order valence-corrected chi connectivity index (χ2v) is 4.54. The lowest BCUT2D eigenvalue weighted by Gasteiger charge is -2.19. The molecule has 0 aromatic rings. The highest BCUT2D eigenvalue weighted by Crippen LogP contribution is 1.96. The molecule has 0 fully saturated rings. The third-order valence-electron chi connectivity index (χ3n) is 2.54. The summed E-state index contributed by atoms with van der Waals surface area (Å²) in [7, 11) is 0. The SMILES string of the molecule is CCN(CCCN)CC(=O)NCCC(C)C. The van der Waals surface area contributed by atoms with Crippen LogP contribution in [0.1, 0.15) is 33.6 Å². The van der Waals surface area contributed by atoms with Gasteiger partial charge in [-0.25, -0.2) is 0 Å². The highest BCUT2D eigenvalue weighted by atomic mass is 16.2. The maximum absolute atomic E-state index is 11.6. The van der Waals surface area contributed by atoms with Crippen molar-refractivity contribution in [2.24, 2.45) is 11.7 Å². The average molecular weight is 229 g/mol. The van der Waals surface area contributed by atoms with Crippen molar-refractivity contribution in [1.82, 2.24) is 10.2 Å². The number of hydrogen-bond donors (Lipinski definition) is 2. The number of amides is 1. The van der Waals surface area contributed by atoms with Crippen LogP contribution >= 0.6 is 0 Å². The largest absolute Gasteiger partial charge is 0.355 e. The summed E-state index contributed by atoms with van der Waals surface area (Å²) >= 11 is 0. The molecule has 0 aromatic carbocycles. The van der Waals surface area contributed by atoms with E-state index >= 15 is 0 Å². The molecule has 0 rings (SSSR count). The second-order valence-electron chi connectivity index (χ2n) is 4.54. The molecule has 0 unspecified atom stereocenters. The number of carbonyl (C=O) groups is 1. The second kappa shape index (κ2) is 9.60. The lowest BCUT2D eigenvalue weighted by atomic mass is 10.1. The highest BCUT2D eigenvalue weighted by molar-refractivity contribution is 5.77. The fourth-order valence-corrected chi connectivity index (χ4v) is 1.42. The van der Waals surface area contributed by atoms with E-state index in [-0.39, 0.29) is 5.91 Å². The van der Waals surface area contributed by atoms with Crippen LogP contribution < -0.4 is 11.1 Å². The van der Waals surface area contributed by atoms with Crippen LogP contribution in [-0.4, -0.2) is 43.5 Å². The van der Waals surface area contributed by atoms with Gasteiger partial charge in [-0.2, -0.15) is 0 Å². The zero-order valence-electron chi connectivity index (χ0n) is 11.0. The summed E-state index contributed by atoms with van der Waals surface area (Å²) in [6.07, 6.45) is 1.99. The van der Waals surface area contributed by atoms with Crippen molar-refractivity contribution >= 4 is 5.91 Å². The Kier molecular flexibility index (Phi) is 9.24. The molecule has 16 heavy (non-hydrogen) atoms. The molecule has 0 atom stereocenters. The van der Waals surface area contributed by atoms with Crippen molar-refractivity contribution < 1.29 is 4.79 Å². The molecular formula is C12H27N3O. The van der Waals surface area contributed by atoms with Crippen LogP contribution in [0.15, 0.2) is 0 Å². The lowest BCUT2D eigenvalue weighted by molar-refractivity contribution is -0.122. The van der Waals surface area contributed by atoms with Crippen molar-refractivity contribution in [1.29, 1.82) is 0 Å². The van der Waals surface area contributed by atoms with Gasteiger partial charge in [-0.1, -0.05) is 20.8 Å². The minimum atomic E-state index is 0.125. The molecule has 4 nitrogen and oxygen atoms in total. The normalized spacial score (nSPS) is 11.1. The van der Waals surface area contributed by atoms with Crippen molar-refractivity contribution in [3.05, 3.63) is 0 Å². The Balaban J connectivity index is 3.65. The predicted octanol–water partition coefficient (Wildman–Crippen LogP) is 0.819. The molecule has 0 aliphatic rings. The van der Waals surface area contributed by atoms with E-state index in [1.807, 2.05) is 0 Å². The minimum Gasteiger partial charge on any atom is -0.355 e. The molecule has 3 N–H and O–H groups in total. The Morgan fingerprint density at radius 1 is 1.44 bits per heavy atom. The Morgan fingerprint density at radius 2 is 2.12 bits per heavy atom. The van der Waals surface area contributed by atoms with E-state index in [0.29, 0.717) is 19.0 Å². The first-order valence-corrected chi connectivity index (χ1v) is 6.29. The van der Waals surface area contributed by atoms with E-state index in [9.17, 15) is 4.79 Å². The van der Waals surface area contributed by atoms with Gasteiger partial charge < -0.3 is 11.1 Å². The van der Waals surface area contributed by atoms with Gasteiger partial charge in [0.25, 0.3) is 0 Å². The van der Waals surface area contributed by atoms with Crippen LogP contribution in [-0.2, 0) is 4.79 Å². The van der Waals surface area contributed by atoms with E-state index < -0.39 is 0 Å². The van der Waals surface area contributed by atoms with Crippen LogP contribution in [0.4, 0.5) is 0 Å². The zero-order chi connectivity index (χ0) is 12.4. The maximum atomic E-state index is 11.6. The number of likely N-dealkylation sites (N-methyl/N-ethyl adjacent to an activating group) is 1. The zero-order valence-corrected chi connectivity index (χ0v) is 11.0. The summed E-state index contributed by atoms with van der Waals surface area (Å²) in [6, 6.07) is 0. The molecule has 0 saturated carbocycles. The summed E-state index contributed by atoms with van der Waals surface area (Å²) in [5, 5.41) is 2.94. The van der Waals surface area contributed by atoms with Crippen molar-refractivity contribution in [2.45, 2.75) is 33.6 Å². The third kappa shape index (κ3) is 8.68. The van der Waals surface area contributed by atoms with E-state index in [2.05, 4.69) is 31.0 Å². The Bertz CT molecular complexity index is 183. The van der Waals surface area contributed by atoms with Gasteiger partial charge in [-0.15, -0.1) is 0 Å². The van der Waals surface area contributed by atoms with Gasteiger partial charge in [-0.05, 0) is 38.4 Å². The van der Waals surface area contributed by atoms with Crippen molar-refractivity contribution in [3.63, 3.8) is 0 Å². The number of hydrogen-bond acceptors (Lipinski definition) is 3. The number of carbonyl (C=O) groups excluding carboxylic acids is 1. The minimum absolute atomic E-state index is 0.125. The number of nitrogens with zero attached hydrogens (tertiary/aromatic N) is 1. The lowest BCUT2D eigenvalue weighted by Crippen LogP contribution is -2.38. The monoisotopic (exact) mass is 229 g/mol. The fourth-order valence-electron chi connectivity index (χ4n) is 1.42. The van der Waals surface area contributed by atoms with Crippen molar-refractivity contribution in [2.75, 3.05) is 32.7 Å². The molecule has 0 heterocycles. The first kappa shape index (κ1) is 15.4. The Labute approximate surface area is 99.6 Å². The summed E-state index contributed by atoms with van der Waals surface area (Å²) in [6.45, 7) is 10.2. The van der Waals surface area contributed by atoms with Crippen LogP contribution in [0, 0.1) is 5.92 Å². The van der Waals surface area contributed by atoms with Crippen LogP contribution in [0.25, 0.3) is 0 Å². The predicted molar refractivity (Wildman–Crippen MR) is 68.3 cm³/mol. The first-order valence-electron chi connectivity index (χ1n) is 6.29. The maximum Gasteiger partial charge on any atom is 0.234 e. The molecule has 4 heteroatoms. The van der Waals surface area contributed by atoms with Gasteiger partial charge in [0, 0.05) is 6.54 Å². The molecule has 0 aromatic heterocycles. The molecule has 0 radical (unpaired) electrons. The fraction of sp³-hybridized carbons (Fsp3) is 0.917. The smallest absolute Gasteiger partial charge is 0.234 e. The topological polar surface area (TPSA) is 58.4 Å². The van der Waals surface area contributed by atoms with Gasteiger partial charge in [0.1, 0.15) is 0 Å². The van der Waals surface area contributed by atoms with Crippen LogP contribution in [0.2, 0.25) is 0 Å². The van der Waals surface area contributed by atoms with Gasteiger partial charge >= 0.3 is 0 Å². The summed E-state index contributed by atoms with van der Waals surface area (Å²) in [4.78, 5) is 13.7. The number of nitrogens with one attached hydrogen (secondary N) is 1. The molecular weight excluding hydrogens is 202 g/mol. The standard InChI is InChI=1S/C12H27N3O/c1-4-15(9-5-7-13)10-12(16)14-8-6-11(2)3/h11H,4-10,13H2,1-3H3,(H,14,16). The average Bonchev–Trinajstić information content (AvgIpc) is 2.23. The summed E-state index contributed by atoms with van der Waals surface area (Å²) in [5.41, 5.74) is 5.45. The number of rotatable bonds is 9. The number of nitrogens with two attached hydrogens (primary N) is 1. The van der Waals surface area contributed by atoms with Gasteiger partial charge in [-0.3, -0.25) is 9.69 Å². The highest BCUT2D eigenvalue weighted by Gasteiger charge is 2.07. The van der Waals surface area contributed by atoms with E-state index in [4.69, 9.17) is 5.73 Å². The molecule has 96 valence electrons. The molecule has 1 amide bonds. The molecule has 0 spiro atoms. The summed E-state index contributed by atoms with van der Waals surface area (Å²) < 4.78 is 0. The molecule has 0 bridgehead atoms. The Hall–Kier alpha value is -0.610.